The second-order valence-electron chi connectivity index (χ2n) is 7.40. The van der Waals surface area contributed by atoms with Gasteiger partial charge in [-0.05, 0) is 31.9 Å². The van der Waals surface area contributed by atoms with Gasteiger partial charge in [0, 0.05) is 50.4 Å². The summed E-state index contributed by atoms with van der Waals surface area (Å²) < 4.78 is 5.79. The Labute approximate surface area is 163 Å². The van der Waals surface area contributed by atoms with Gasteiger partial charge in [-0.15, -0.1) is 0 Å². The molecule has 9 heteroatoms. The van der Waals surface area contributed by atoms with E-state index in [4.69, 9.17) is 4.74 Å². The zero-order valence-corrected chi connectivity index (χ0v) is 16.1. The van der Waals surface area contributed by atoms with Gasteiger partial charge >= 0.3 is 6.09 Å². The Morgan fingerprint density at radius 3 is 2.68 bits per heavy atom. The minimum absolute atomic E-state index is 0.103. The molecule has 2 N–H and O–H groups in total. The highest BCUT2D eigenvalue weighted by Gasteiger charge is 2.31. The number of piperazine rings is 1. The molecule has 9 nitrogen and oxygen atoms in total. The van der Waals surface area contributed by atoms with E-state index in [1.54, 1.807) is 18.3 Å². The summed E-state index contributed by atoms with van der Waals surface area (Å²) in [6, 6.07) is 3.72. The number of carboxylic acid groups (broad SMARTS) is 1. The number of carbonyl (C=O) groups excluding carboxylic acids is 2. The number of piperidine rings is 1. The first kappa shape index (κ1) is 20.1. The van der Waals surface area contributed by atoms with Crippen LogP contribution < -0.4 is 10.1 Å². The third-order valence-corrected chi connectivity index (χ3v) is 5.37. The van der Waals surface area contributed by atoms with Crippen molar-refractivity contribution in [1.29, 1.82) is 0 Å². The lowest BCUT2D eigenvalue weighted by Crippen LogP contribution is -2.58. The first-order valence-corrected chi connectivity index (χ1v) is 9.51. The summed E-state index contributed by atoms with van der Waals surface area (Å²) in [5, 5.41) is 11.5. The number of ether oxygens (including phenoxy) is 1. The van der Waals surface area contributed by atoms with Gasteiger partial charge in [0.1, 0.15) is 6.61 Å². The predicted octanol–water partition coefficient (Wildman–Crippen LogP) is 1.05. The van der Waals surface area contributed by atoms with Crippen LogP contribution in [0.5, 0.6) is 5.88 Å². The van der Waals surface area contributed by atoms with E-state index in [2.05, 4.69) is 15.2 Å². The Hall–Kier alpha value is -2.68. The van der Waals surface area contributed by atoms with Crippen molar-refractivity contribution in [3.63, 3.8) is 0 Å². The topological polar surface area (TPSA) is 112 Å². The number of amides is 3. The van der Waals surface area contributed by atoms with E-state index in [0.29, 0.717) is 45.0 Å². The van der Waals surface area contributed by atoms with Crippen LogP contribution in [-0.2, 0) is 9.59 Å². The van der Waals surface area contributed by atoms with E-state index in [0.717, 1.165) is 5.56 Å². The summed E-state index contributed by atoms with van der Waals surface area (Å²) in [4.78, 5) is 42.4. The van der Waals surface area contributed by atoms with Gasteiger partial charge in [-0.3, -0.25) is 19.8 Å². The molecule has 3 amide bonds. The number of aromatic nitrogens is 1. The van der Waals surface area contributed by atoms with Crippen LogP contribution in [0.2, 0.25) is 0 Å². The molecule has 2 saturated heterocycles. The van der Waals surface area contributed by atoms with Crippen LogP contribution in [0, 0.1) is 0 Å². The maximum Gasteiger partial charge on any atom is 0.407 e. The fourth-order valence-corrected chi connectivity index (χ4v) is 3.94. The van der Waals surface area contributed by atoms with Crippen LogP contribution in [0.25, 0.3) is 0 Å². The van der Waals surface area contributed by atoms with Crippen LogP contribution in [0.4, 0.5) is 4.79 Å². The second kappa shape index (κ2) is 8.55. The standard InChI is InChI=1S/C19H26N4O5/c1-12-10-22(19(26)27)11-13(2)23(12)7-8-28-17-9-14(5-6-20-17)15-3-4-16(24)21-18(15)25/h5-6,9,12-13,15H,3-4,7-8,10-11H2,1-2H3,(H,26,27)(H,21,24,25). The summed E-state index contributed by atoms with van der Waals surface area (Å²) in [6.45, 7) is 6.03. The fraction of sp³-hybridized carbons (Fsp3) is 0.579. The lowest BCUT2D eigenvalue weighted by Gasteiger charge is -2.43. The van der Waals surface area contributed by atoms with E-state index in [1.165, 1.54) is 4.90 Å². The summed E-state index contributed by atoms with van der Waals surface area (Å²) in [7, 11) is 0. The minimum Gasteiger partial charge on any atom is -0.476 e. The first-order chi connectivity index (χ1) is 13.3. The average Bonchev–Trinajstić information content (AvgIpc) is 2.64. The number of hydrogen-bond donors (Lipinski definition) is 2. The number of pyridine rings is 1. The number of rotatable bonds is 5. The van der Waals surface area contributed by atoms with E-state index in [-0.39, 0.29) is 29.8 Å². The van der Waals surface area contributed by atoms with Crippen LogP contribution in [0.15, 0.2) is 18.3 Å². The fourth-order valence-electron chi connectivity index (χ4n) is 3.94. The number of imide groups is 1. The van der Waals surface area contributed by atoms with Gasteiger partial charge in [0.25, 0.3) is 0 Å². The Kier molecular flexibility index (Phi) is 6.13. The van der Waals surface area contributed by atoms with Crippen LogP contribution in [0.3, 0.4) is 0 Å². The van der Waals surface area contributed by atoms with Crippen molar-refractivity contribution < 1.29 is 24.2 Å². The van der Waals surface area contributed by atoms with Crippen molar-refractivity contribution in [2.75, 3.05) is 26.2 Å². The van der Waals surface area contributed by atoms with Crippen molar-refractivity contribution in [3.8, 4) is 5.88 Å². The first-order valence-electron chi connectivity index (χ1n) is 9.51. The van der Waals surface area contributed by atoms with Crippen LogP contribution in [0.1, 0.15) is 38.2 Å². The smallest absolute Gasteiger partial charge is 0.407 e. The summed E-state index contributed by atoms with van der Waals surface area (Å²) in [5.41, 5.74) is 0.784. The third-order valence-electron chi connectivity index (χ3n) is 5.37. The van der Waals surface area contributed by atoms with Crippen LogP contribution in [-0.4, -0.2) is 76.1 Å². The summed E-state index contributed by atoms with van der Waals surface area (Å²) in [5.74, 6) is -0.454. The van der Waals surface area contributed by atoms with Gasteiger partial charge < -0.3 is 14.7 Å². The highest BCUT2D eigenvalue weighted by molar-refractivity contribution is 6.00. The molecule has 2 aliphatic rings. The highest BCUT2D eigenvalue weighted by atomic mass is 16.5. The monoisotopic (exact) mass is 390 g/mol. The quantitative estimate of drug-likeness (QED) is 0.723. The van der Waals surface area contributed by atoms with Crippen molar-refractivity contribution in [3.05, 3.63) is 23.9 Å². The van der Waals surface area contributed by atoms with Gasteiger partial charge in [-0.1, -0.05) is 0 Å². The summed E-state index contributed by atoms with van der Waals surface area (Å²) in [6.07, 6.45) is 1.53. The average molecular weight is 390 g/mol. The molecule has 0 radical (unpaired) electrons. The number of hydrogen-bond acceptors (Lipinski definition) is 6. The molecule has 0 aliphatic carbocycles. The molecule has 2 aliphatic heterocycles. The Morgan fingerprint density at radius 2 is 2.04 bits per heavy atom. The number of nitrogens with one attached hydrogen (secondary N) is 1. The third kappa shape index (κ3) is 4.59. The molecule has 3 rings (SSSR count). The van der Waals surface area contributed by atoms with E-state index >= 15 is 0 Å². The Morgan fingerprint density at radius 1 is 1.32 bits per heavy atom. The van der Waals surface area contributed by atoms with E-state index < -0.39 is 6.09 Å². The van der Waals surface area contributed by atoms with E-state index in [9.17, 15) is 19.5 Å². The molecule has 2 fully saturated rings. The number of nitrogens with zero attached hydrogens (tertiary/aromatic N) is 3. The maximum absolute atomic E-state index is 12.0. The van der Waals surface area contributed by atoms with Crippen molar-refractivity contribution >= 4 is 17.9 Å². The lowest BCUT2D eigenvalue weighted by molar-refractivity contribution is -0.134. The molecular weight excluding hydrogens is 364 g/mol. The Balaban J connectivity index is 1.55. The molecule has 1 aromatic rings. The predicted molar refractivity (Wildman–Crippen MR) is 100 cm³/mol. The molecule has 1 aromatic heterocycles. The molecule has 0 spiro atoms. The largest absolute Gasteiger partial charge is 0.476 e. The minimum atomic E-state index is -0.885. The highest BCUT2D eigenvalue weighted by Crippen LogP contribution is 2.26. The molecule has 28 heavy (non-hydrogen) atoms. The van der Waals surface area contributed by atoms with Gasteiger partial charge in [-0.2, -0.15) is 0 Å². The second-order valence-corrected chi connectivity index (χ2v) is 7.40. The zero-order valence-electron chi connectivity index (χ0n) is 16.1. The SMILES string of the molecule is CC1CN(C(=O)O)CC(C)N1CCOc1cc(C2CCC(=O)NC2=O)ccn1. The molecule has 0 aromatic carbocycles. The lowest BCUT2D eigenvalue weighted by atomic mass is 9.91. The molecule has 3 heterocycles. The summed E-state index contributed by atoms with van der Waals surface area (Å²) >= 11 is 0. The molecule has 152 valence electrons. The van der Waals surface area contributed by atoms with Crippen LogP contribution >= 0.6 is 0 Å². The van der Waals surface area contributed by atoms with Crippen molar-refractivity contribution in [2.24, 2.45) is 0 Å². The van der Waals surface area contributed by atoms with Gasteiger partial charge in [0.2, 0.25) is 17.7 Å². The number of carbonyl (C=O) groups is 3. The normalized spacial score (nSPS) is 26.1. The molecule has 0 saturated carbocycles. The van der Waals surface area contributed by atoms with Crippen molar-refractivity contribution in [1.82, 2.24) is 20.1 Å². The van der Waals surface area contributed by atoms with Gasteiger partial charge in [0.15, 0.2) is 0 Å². The van der Waals surface area contributed by atoms with Gasteiger partial charge in [0.05, 0.1) is 5.92 Å². The molecule has 3 unspecified atom stereocenters. The molecule has 3 atom stereocenters. The van der Waals surface area contributed by atoms with Crippen molar-refractivity contribution in [2.45, 2.75) is 44.7 Å². The Bertz CT molecular complexity index is 744. The van der Waals surface area contributed by atoms with Gasteiger partial charge in [-0.25, -0.2) is 9.78 Å². The zero-order chi connectivity index (χ0) is 20.3. The molecular formula is C19H26N4O5. The van der Waals surface area contributed by atoms with E-state index in [1.807, 2.05) is 13.8 Å². The molecule has 0 bridgehead atoms. The maximum atomic E-state index is 12.0.